The number of aromatic hydroxyl groups is 1. The molecule has 0 atom stereocenters. The summed E-state index contributed by atoms with van der Waals surface area (Å²) in [6, 6.07) is 13.5. The fourth-order valence-electron chi connectivity index (χ4n) is 1.57. The zero-order valence-corrected chi connectivity index (χ0v) is 10.9. The highest BCUT2D eigenvalue weighted by molar-refractivity contribution is 7.80. The Balaban J connectivity index is 1.99. The Morgan fingerprint density at radius 3 is 2.42 bits per heavy atom. The van der Waals surface area contributed by atoms with E-state index in [4.69, 9.17) is 12.2 Å². The third-order valence-electron chi connectivity index (χ3n) is 2.46. The number of thiocarbonyl (C=S) groups is 1. The van der Waals surface area contributed by atoms with Gasteiger partial charge in [0.1, 0.15) is 12.4 Å². The van der Waals surface area contributed by atoms with E-state index in [9.17, 15) is 9.50 Å². The summed E-state index contributed by atoms with van der Waals surface area (Å²) in [7, 11) is 0. The molecule has 19 heavy (non-hydrogen) atoms. The molecular formula is C14H13FN2OS. The minimum atomic E-state index is -0.506. The summed E-state index contributed by atoms with van der Waals surface area (Å²) < 4.78 is 12.5. The van der Waals surface area contributed by atoms with E-state index in [-0.39, 0.29) is 5.75 Å². The number of alkyl halides is 1. The molecule has 2 aromatic rings. The standard InChI is InChI=1S/C14H13FN2OS/c15-9-10-2-1-3-12(8-10)17-14(19)16-11-4-6-13(18)7-5-11/h1-8,18H,9H2,(H2,16,17,19). The van der Waals surface area contributed by atoms with Crippen LogP contribution >= 0.6 is 12.2 Å². The lowest BCUT2D eigenvalue weighted by atomic mass is 10.2. The average Bonchev–Trinajstić information content (AvgIpc) is 2.41. The van der Waals surface area contributed by atoms with Crippen LogP contribution in [0.1, 0.15) is 5.56 Å². The van der Waals surface area contributed by atoms with Gasteiger partial charge >= 0.3 is 0 Å². The molecule has 0 aliphatic carbocycles. The van der Waals surface area contributed by atoms with E-state index in [1.807, 2.05) is 6.07 Å². The predicted molar refractivity (Wildman–Crippen MR) is 79.2 cm³/mol. The quantitative estimate of drug-likeness (QED) is 0.591. The molecule has 0 bridgehead atoms. The van der Waals surface area contributed by atoms with Crippen molar-refractivity contribution < 1.29 is 9.50 Å². The maximum absolute atomic E-state index is 12.5. The molecule has 0 unspecified atom stereocenters. The summed E-state index contributed by atoms with van der Waals surface area (Å²) >= 11 is 5.15. The summed E-state index contributed by atoms with van der Waals surface area (Å²) in [6.45, 7) is -0.506. The Bertz CT molecular complexity index is 572. The van der Waals surface area contributed by atoms with Gasteiger partial charge in [0, 0.05) is 11.4 Å². The highest BCUT2D eigenvalue weighted by Gasteiger charge is 2.00. The Morgan fingerprint density at radius 2 is 1.74 bits per heavy atom. The van der Waals surface area contributed by atoms with Gasteiger partial charge in [-0.05, 0) is 54.2 Å². The third-order valence-corrected chi connectivity index (χ3v) is 2.67. The van der Waals surface area contributed by atoms with Gasteiger partial charge < -0.3 is 15.7 Å². The molecule has 0 heterocycles. The first-order valence-electron chi connectivity index (χ1n) is 5.69. The number of phenols is 1. The van der Waals surface area contributed by atoms with Crippen molar-refractivity contribution in [2.24, 2.45) is 0 Å². The number of hydrogen-bond donors (Lipinski definition) is 3. The molecular weight excluding hydrogens is 263 g/mol. The number of benzene rings is 2. The Kier molecular flexibility index (Phi) is 4.30. The van der Waals surface area contributed by atoms with Gasteiger partial charge in [0.25, 0.3) is 0 Å². The predicted octanol–water partition coefficient (Wildman–Crippen LogP) is 3.67. The number of rotatable bonds is 3. The van der Waals surface area contributed by atoms with Crippen LogP contribution in [0.2, 0.25) is 0 Å². The number of nitrogens with one attached hydrogen (secondary N) is 2. The van der Waals surface area contributed by atoms with Gasteiger partial charge in [0.2, 0.25) is 0 Å². The summed E-state index contributed by atoms with van der Waals surface area (Å²) in [5.41, 5.74) is 2.08. The van der Waals surface area contributed by atoms with E-state index in [1.54, 1.807) is 42.5 Å². The van der Waals surface area contributed by atoms with Gasteiger partial charge in [-0.3, -0.25) is 0 Å². The molecule has 3 nitrogen and oxygen atoms in total. The number of hydrogen-bond acceptors (Lipinski definition) is 2. The molecule has 5 heteroatoms. The van der Waals surface area contributed by atoms with Crippen molar-refractivity contribution in [3.63, 3.8) is 0 Å². The van der Waals surface area contributed by atoms with E-state index >= 15 is 0 Å². The normalized spacial score (nSPS) is 9.95. The highest BCUT2D eigenvalue weighted by atomic mass is 32.1. The maximum atomic E-state index is 12.5. The average molecular weight is 276 g/mol. The maximum Gasteiger partial charge on any atom is 0.175 e. The number of halogens is 1. The topological polar surface area (TPSA) is 44.3 Å². The van der Waals surface area contributed by atoms with Gasteiger partial charge in [-0.2, -0.15) is 0 Å². The van der Waals surface area contributed by atoms with E-state index in [0.29, 0.717) is 10.7 Å². The second-order valence-electron chi connectivity index (χ2n) is 3.96. The molecule has 0 saturated heterocycles. The minimum absolute atomic E-state index is 0.195. The largest absolute Gasteiger partial charge is 0.508 e. The molecule has 98 valence electrons. The van der Waals surface area contributed by atoms with E-state index in [2.05, 4.69) is 10.6 Å². The van der Waals surface area contributed by atoms with E-state index < -0.39 is 6.67 Å². The van der Waals surface area contributed by atoms with Crippen molar-refractivity contribution in [1.29, 1.82) is 0 Å². The van der Waals surface area contributed by atoms with Gasteiger partial charge in [0.15, 0.2) is 5.11 Å². The van der Waals surface area contributed by atoms with Crippen LogP contribution in [0.4, 0.5) is 15.8 Å². The second kappa shape index (κ2) is 6.15. The van der Waals surface area contributed by atoms with Gasteiger partial charge in [-0.15, -0.1) is 0 Å². The zero-order valence-electron chi connectivity index (χ0n) is 10.1. The second-order valence-corrected chi connectivity index (χ2v) is 4.37. The summed E-state index contributed by atoms with van der Waals surface area (Å²) in [4.78, 5) is 0. The van der Waals surface area contributed by atoms with Crippen molar-refractivity contribution in [3.8, 4) is 5.75 Å². The van der Waals surface area contributed by atoms with Crippen LogP contribution in [0.3, 0.4) is 0 Å². The van der Waals surface area contributed by atoms with Crippen LogP contribution in [-0.4, -0.2) is 10.2 Å². The van der Waals surface area contributed by atoms with Gasteiger partial charge in [-0.1, -0.05) is 12.1 Å². The van der Waals surface area contributed by atoms with Crippen LogP contribution < -0.4 is 10.6 Å². The Labute approximate surface area is 116 Å². The lowest BCUT2D eigenvalue weighted by molar-refractivity contribution is 0.475. The summed E-state index contributed by atoms with van der Waals surface area (Å²) in [5.74, 6) is 0.195. The SMILES string of the molecule is Oc1ccc(NC(=S)Nc2cccc(CF)c2)cc1. The first-order valence-corrected chi connectivity index (χ1v) is 6.10. The third kappa shape index (κ3) is 3.93. The molecule has 0 aliphatic heterocycles. The Hall–Kier alpha value is -2.14. The molecule has 0 spiro atoms. The first-order chi connectivity index (χ1) is 9.17. The van der Waals surface area contributed by atoms with Crippen LogP contribution in [-0.2, 0) is 6.67 Å². The minimum Gasteiger partial charge on any atom is -0.508 e. The van der Waals surface area contributed by atoms with Gasteiger partial charge in [0.05, 0.1) is 0 Å². The first kappa shape index (κ1) is 13.3. The molecule has 3 N–H and O–H groups in total. The molecule has 0 aliphatic rings. The van der Waals surface area contributed by atoms with Crippen LogP contribution in [0.5, 0.6) is 5.75 Å². The molecule has 2 rings (SSSR count). The van der Waals surface area contributed by atoms with Crippen LogP contribution in [0, 0.1) is 0 Å². The Morgan fingerprint density at radius 1 is 1.05 bits per heavy atom. The highest BCUT2D eigenvalue weighted by Crippen LogP contribution is 2.15. The van der Waals surface area contributed by atoms with Crippen molar-refractivity contribution in [1.82, 2.24) is 0 Å². The molecule has 0 radical (unpaired) electrons. The van der Waals surface area contributed by atoms with Crippen LogP contribution in [0.25, 0.3) is 0 Å². The molecule has 2 aromatic carbocycles. The summed E-state index contributed by atoms with van der Waals surface area (Å²) in [5, 5.41) is 15.5. The lowest BCUT2D eigenvalue weighted by Gasteiger charge is -2.11. The van der Waals surface area contributed by atoms with Crippen molar-refractivity contribution >= 4 is 28.7 Å². The fraction of sp³-hybridized carbons (Fsp3) is 0.0714. The smallest absolute Gasteiger partial charge is 0.175 e. The molecule has 0 amide bonds. The zero-order chi connectivity index (χ0) is 13.7. The molecule has 0 fully saturated rings. The lowest BCUT2D eigenvalue weighted by Crippen LogP contribution is -2.18. The number of phenolic OH excluding ortho intramolecular Hbond substituents is 1. The van der Waals surface area contributed by atoms with Crippen molar-refractivity contribution in [3.05, 3.63) is 54.1 Å². The van der Waals surface area contributed by atoms with E-state index in [1.165, 1.54) is 0 Å². The van der Waals surface area contributed by atoms with Gasteiger partial charge in [-0.25, -0.2) is 4.39 Å². The molecule has 0 aromatic heterocycles. The van der Waals surface area contributed by atoms with E-state index in [0.717, 1.165) is 11.4 Å². The molecule has 0 saturated carbocycles. The van der Waals surface area contributed by atoms with Crippen LogP contribution in [0.15, 0.2) is 48.5 Å². The monoisotopic (exact) mass is 276 g/mol. The summed E-state index contributed by atoms with van der Waals surface area (Å²) in [6.07, 6.45) is 0. The van der Waals surface area contributed by atoms with Crippen molar-refractivity contribution in [2.45, 2.75) is 6.67 Å². The van der Waals surface area contributed by atoms with Crippen molar-refractivity contribution in [2.75, 3.05) is 10.6 Å². The fourth-order valence-corrected chi connectivity index (χ4v) is 1.81. The number of anilines is 2.